The topological polar surface area (TPSA) is 58.2 Å². The van der Waals surface area contributed by atoms with Crippen LogP contribution in [0.15, 0.2) is 30.3 Å². The molecule has 3 rings (SSSR count). The molecule has 0 bridgehead atoms. The van der Waals surface area contributed by atoms with E-state index in [0.717, 1.165) is 42.9 Å². The van der Waals surface area contributed by atoms with Crippen molar-refractivity contribution >= 4 is 17.5 Å². The molecule has 2 heterocycles. The van der Waals surface area contributed by atoms with Crippen molar-refractivity contribution in [2.75, 3.05) is 26.3 Å². The molecule has 0 spiro atoms. The number of hydrogen-bond acceptors (Lipinski definition) is 3. The molecule has 5 nitrogen and oxygen atoms in total. The number of rotatable bonds is 5. The summed E-state index contributed by atoms with van der Waals surface area (Å²) in [5.41, 5.74) is 2.92. The van der Waals surface area contributed by atoms with Gasteiger partial charge in [-0.1, -0.05) is 29.8 Å². The molecule has 1 aliphatic heterocycles. The quantitative estimate of drug-likeness (QED) is 0.900. The molecule has 128 valence electrons. The number of ether oxygens (including phenoxy) is 1. The molecule has 2 aromatic rings. The van der Waals surface area contributed by atoms with Gasteiger partial charge in [0.1, 0.15) is 6.61 Å². The summed E-state index contributed by atoms with van der Waals surface area (Å²) in [5.74, 6) is 0.474. The smallest absolute Gasteiger partial charge is 0.248 e. The second-order valence-corrected chi connectivity index (χ2v) is 6.39. The predicted molar refractivity (Wildman–Crippen MR) is 94.1 cm³/mol. The van der Waals surface area contributed by atoms with Crippen LogP contribution in [0, 0.1) is 0 Å². The first-order valence-electron chi connectivity index (χ1n) is 8.34. The molecule has 1 saturated heterocycles. The standard InChI is InChI=1S/C18H22ClN3O2/c1-2-24-12-18(23)22-9-7-13(8-10-22)16-11-17(21-20-16)14-5-3-4-6-15(14)19/h3-6,11,13H,2,7-10,12H2,1H3,(H,20,21). The highest BCUT2D eigenvalue weighted by Crippen LogP contribution is 2.31. The first-order valence-corrected chi connectivity index (χ1v) is 8.72. The second kappa shape index (κ2) is 7.81. The Bertz CT molecular complexity index is 693. The Labute approximate surface area is 147 Å². The first kappa shape index (κ1) is 17.0. The lowest BCUT2D eigenvalue weighted by molar-refractivity contribution is -0.137. The van der Waals surface area contributed by atoms with E-state index >= 15 is 0 Å². The fourth-order valence-electron chi connectivity index (χ4n) is 3.07. The van der Waals surface area contributed by atoms with E-state index in [4.69, 9.17) is 16.3 Å². The number of hydrogen-bond donors (Lipinski definition) is 1. The van der Waals surface area contributed by atoms with E-state index in [-0.39, 0.29) is 12.5 Å². The van der Waals surface area contributed by atoms with Gasteiger partial charge in [-0.15, -0.1) is 0 Å². The number of amides is 1. The van der Waals surface area contributed by atoms with Gasteiger partial charge in [-0.3, -0.25) is 9.89 Å². The summed E-state index contributed by atoms with van der Waals surface area (Å²) in [5, 5.41) is 8.25. The second-order valence-electron chi connectivity index (χ2n) is 5.98. The molecule has 1 aromatic heterocycles. The molecule has 0 atom stereocenters. The highest BCUT2D eigenvalue weighted by Gasteiger charge is 2.25. The minimum atomic E-state index is 0.0802. The molecule has 1 aromatic carbocycles. The van der Waals surface area contributed by atoms with Gasteiger partial charge in [0.2, 0.25) is 5.91 Å². The fourth-order valence-corrected chi connectivity index (χ4v) is 3.31. The Balaban J connectivity index is 1.62. The predicted octanol–water partition coefficient (Wildman–Crippen LogP) is 3.47. The van der Waals surface area contributed by atoms with Gasteiger partial charge in [-0.25, -0.2) is 0 Å². The van der Waals surface area contributed by atoms with Gasteiger partial charge in [-0.2, -0.15) is 5.10 Å². The van der Waals surface area contributed by atoms with Gasteiger partial charge in [0.25, 0.3) is 0 Å². The number of nitrogens with zero attached hydrogens (tertiary/aromatic N) is 2. The van der Waals surface area contributed by atoms with Gasteiger partial charge in [0.05, 0.1) is 10.7 Å². The molecule has 0 unspecified atom stereocenters. The molecule has 24 heavy (non-hydrogen) atoms. The molecule has 1 fully saturated rings. The summed E-state index contributed by atoms with van der Waals surface area (Å²) in [7, 11) is 0. The van der Waals surface area contributed by atoms with Crippen LogP contribution in [0.4, 0.5) is 0 Å². The van der Waals surface area contributed by atoms with Crippen LogP contribution in [0.2, 0.25) is 5.02 Å². The number of piperidine rings is 1. The lowest BCUT2D eigenvalue weighted by Crippen LogP contribution is -2.40. The summed E-state index contributed by atoms with van der Waals surface area (Å²) in [6.45, 7) is 4.17. The van der Waals surface area contributed by atoms with Gasteiger partial charge in [0.15, 0.2) is 0 Å². The molecule has 1 aliphatic rings. The van der Waals surface area contributed by atoms with Gasteiger partial charge >= 0.3 is 0 Å². The Hall–Kier alpha value is -1.85. The number of nitrogens with one attached hydrogen (secondary N) is 1. The van der Waals surface area contributed by atoms with Crippen molar-refractivity contribution in [3.63, 3.8) is 0 Å². The van der Waals surface area contributed by atoms with Crippen LogP contribution in [0.1, 0.15) is 31.4 Å². The van der Waals surface area contributed by atoms with E-state index < -0.39 is 0 Å². The number of carbonyl (C=O) groups is 1. The number of carbonyl (C=O) groups excluding carboxylic acids is 1. The monoisotopic (exact) mass is 347 g/mol. The normalized spacial score (nSPS) is 15.7. The average Bonchev–Trinajstić information content (AvgIpc) is 3.10. The Morgan fingerprint density at radius 2 is 2.12 bits per heavy atom. The first-order chi connectivity index (χ1) is 11.7. The molecular weight excluding hydrogens is 326 g/mol. The van der Waals surface area contributed by atoms with E-state index in [1.165, 1.54) is 0 Å². The van der Waals surface area contributed by atoms with E-state index in [9.17, 15) is 4.79 Å². The van der Waals surface area contributed by atoms with E-state index in [1.54, 1.807) is 0 Å². The molecule has 6 heteroatoms. The van der Waals surface area contributed by atoms with Crippen molar-refractivity contribution < 1.29 is 9.53 Å². The number of H-pyrrole nitrogens is 1. The highest BCUT2D eigenvalue weighted by molar-refractivity contribution is 6.33. The van der Waals surface area contributed by atoms with Crippen molar-refractivity contribution in [1.29, 1.82) is 0 Å². The van der Waals surface area contributed by atoms with Crippen molar-refractivity contribution in [2.45, 2.75) is 25.7 Å². The van der Waals surface area contributed by atoms with Crippen molar-refractivity contribution in [3.8, 4) is 11.3 Å². The minimum absolute atomic E-state index is 0.0802. The third kappa shape index (κ3) is 3.79. The number of aromatic amines is 1. The third-order valence-electron chi connectivity index (χ3n) is 4.46. The van der Waals surface area contributed by atoms with E-state index in [2.05, 4.69) is 16.3 Å². The van der Waals surface area contributed by atoms with Crippen LogP contribution in [0.3, 0.4) is 0 Å². The lowest BCUT2D eigenvalue weighted by atomic mass is 9.93. The van der Waals surface area contributed by atoms with Crippen molar-refractivity contribution in [1.82, 2.24) is 15.1 Å². The summed E-state index contributed by atoms with van der Waals surface area (Å²) in [6, 6.07) is 9.78. The number of benzene rings is 1. The minimum Gasteiger partial charge on any atom is -0.372 e. The largest absolute Gasteiger partial charge is 0.372 e. The molecule has 0 saturated carbocycles. The van der Waals surface area contributed by atoms with Crippen LogP contribution in [0.25, 0.3) is 11.3 Å². The number of halogens is 1. The Morgan fingerprint density at radius 1 is 1.38 bits per heavy atom. The van der Waals surface area contributed by atoms with Gasteiger partial charge in [0, 0.05) is 36.9 Å². The zero-order valence-electron chi connectivity index (χ0n) is 13.8. The van der Waals surface area contributed by atoms with E-state index in [1.807, 2.05) is 36.1 Å². The van der Waals surface area contributed by atoms with E-state index in [0.29, 0.717) is 17.5 Å². The zero-order chi connectivity index (χ0) is 16.9. The third-order valence-corrected chi connectivity index (χ3v) is 4.79. The fraction of sp³-hybridized carbons (Fsp3) is 0.444. The molecule has 1 amide bonds. The Kier molecular flexibility index (Phi) is 5.53. The van der Waals surface area contributed by atoms with Gasteiger partial charge < -0.3 is 9.64 Å². The SMILES string of the molecule is CCOCC(=O)N1CCC(c2cc(-c3ccccc3Cl)n[nH]2)CC1. The lowest BCUT2D eigenvalue weighted by Gasteiger charge is -2.31. The summed E-state index contributed by atoms with van der Waals surface area (Å²) >= 11 is 6.24. The molecule has 1 N–H and O–H groups in total. The summed E-state index contributed by atoms with van der Waals surface area (Å²) in [4.78, 5) is 13.9. The number of aromatic nitrogens is 2. The summed E-state index contributed by atoms with van der Waals surface area (Å²) in [6.07, 6.45) is 1.87. The van der Waals surface area contributed by atoms with Gasteiger partial charge in [-0.05, 0) is 31.9 Å². The van der Waals surface area contributed by atoms with Crippen molar-refractivity contribution in [3.05, 3.63) is 41.0 Å². The molecule has 0 radical (unpaired) electrons. The van der Waals surface area contributed by atoms with Crippen LogP contribution in [-0.4, -0.2) is 47.3 Å². The van der Waals surface area contributed by atoms with Crippen LogP contribution in [-0.2, 0) is 9.53 Å². The van der Waals surface area contributed by atoms with Crippen LogP contribution in [0.5, 0.6) is 0 Å². The highest BCUT2D eigenvalue weighted by atomic mass is 35.5. The molecule has 0 aliphatic carbocycles. The maximum absolute atomic E-state index is 12.0. The maximum Gasteiger partial charge on any atom is 0.248 e. The Morgan fingerprint density at radius 3 is 2.83 bits per heavy atom. The zero-order valence-corrected chi connectivity index (χ0v) is 14.6. The number of likely N-dealkylation sites (tertiary alicyclic amines) is 1. The summed E-state index contributed by atoms with van der Waals surface area (Å²) < 4.78 is 5.20. The van der Waals surface area contributed by atoms with Crippen LogP contribution >= 0.6 is 11.6 Å². The average molecular weight is 348 g/mol. The van der Waals surface area contributed by atoms with Crippen LogP contribution < -0.4 is 0 Å². The maximum atomic E-state index is 12.0. The van der Waals surface area contributed by atoms with Crippen molar-refractivity contribution in [2.24, 2.45) is 0 Å². The molecular formula is C18H22ClN3O2.